The number of sulfonamides is 1. The SMILES string of the molecule is Cc1nccc(NC(=O)N2CCN(S(C)(=O)=O)c3ccccc3C2)n1. The van der Waals surface area contributed by atoms with E-state index in [0.717, 1.165) is 5.56 Å². The van der Waals surface area contributed by atoms with Gasteiger partial charge in [0.05, 0.1) is 18.5 Å². The van der Waals surface area contributed by atoms with E-state index in [1.807, 2.05) is 12.1 Å². The number of aromatic nitrogens is 2. The summed E-state index contributed by atoms with van der Waals surface area (Å²) in [7, 11) is -3.42. The molecule has 0 radical (unpaired) electrons. The maximum atomic E-state index is 12.6. The maximum absolute atomic E-state index is 12.6. The number of amides is 2. The molecule has 1 aliphatic rings. The molecule has 0 saturated heterocycles. The van der Waals surface area contributed by atoms with Gasteiger partial charge in [0, 0.05) is 19.3 Å². The van der Waals surface area contributed by atoms with Crippen LogP contribution in [0.4, 0.5) is 16.3 Å². The Kier molecular flexibility index (Phi) is 4.58. The first kappa shape index (κ1) is 17.2. The number of benzene rings is 1. The van der Waals surface area contributed by atoms with Gasteiger partial charge in [0.2, 0.25) is 10.0 Å². The van der Waals surface area contributed by atoms with Gasteiger partial charge in [-0.1, -0.05) is 18.2 Å². The molecule has 8 nitrogen and oxygen atoms in total. The van der Waals surface area contributed by atoms with E-state index in [9.17, 15) is 13.2 Å². The fourth-order valence-electron chi connectivity index (χ4n) is 2.74. The van der Waals surface area contributed by atoms with E-state index in [1.165, 1.54) is 10.6 Å². The average Bonchev–Trinajstić information content (AvgIpc) is 2.74. The van der Waals surface area contributed by atoms with Gasteiger partial charge < -0.3 is 4.90 Å². The Morgan fingerprint density at radius 1 is 1.20 bits per heavy atom. The zero-order chi connectivity index (χ0) is 18.0. The highest BCUT2D eigenvalue weighted by Crippen LogP contribution is 2.27. The molecule has 132 valence electrons. The minimum Gasteiger partial charge on any atom is -0.318 e. The summed E-state index contributed by atoms with van der Waals surface area (Å²) >= 11 is 0. The predicted octanol–water partition coefficient (Wildman–Crippen LogP) is 1.60. The molecule has 0 fully saturated rings. The van der Waals surface area contributed by atoms with Crippen LogP contribution in [-0.4, -0.2) is 48.7 Å². The molecule has 2 heterocycles. The minimum absolute atomic E-state index is 0.200. The van der Waals surface area contributed by atoms with Crippen LogP contribution in [0, 0.1) is 6.92 Å². The summed E-state index contributed by atoms with van der Waals surface area (Å²) in [5.41, 5.74) is 1.39. The van der Waals surface area contributed by atoms with Gasteiger partial charge in [-0.15, -0.1) is 0 Å². The third-order valence-corrected chi connectivity index (χ3v) is 5.07. The first-order valence-electron chi connectivity index (χ1n) is 7.76. The topological polar surface area (TPSA) is 95.5 Å². The van der Waals surface area contributed by atoms with Crippen LogP contribution in [0.2, 0.25) is 0 Å². The lowest BCUT2D eigenvalue weighted by molar-refractivity contribution is 0.212. The second kappa shape index (κ2) is 6.67. The normalized spacial score (nSPS) is 14.6. The third kappa shape index (κ3) is 3.87. The van der Waals surface area contributed by atoms with Crippen molar-refractivity contribution in [3.05, 3.63) is 47.9 Å². The van der Waals surface area contributed by atoms with Gasteiger partial charge in [0.15, 0.2) is 0 Å². The number of fused-ring (bicyclic) bond motifs is 1. The molecule has 1 N–H and O–H groups in total. The van der Waals surface area contributed by atoms with E-state index in [1.54, 1.807) is 36.2 Å². The quantitative estimate of drug-likeness (QED) is 0.876. The monoisotopic (exact) mass is 361 g/mol. The fourth-order valence-corrected chi connectivity index (χ4v) is 3.69. The Labute approximate surface area is 146 Å². The van der Waals surface area contributed by atoms with Crippen LogP contribution in [-0.2, 0) is 16.6 Å². The lowest BCUT2D eigenvalue weighted by Gasteiger charge is -2.22. The molecule has 25 heavy (non-hydrogen) atoms. The number of hydrogen-bond donors (Lipinski definition) is 1. The molecule has 0 unspecified atom stereocenters. The number of nitrogens with one attached hydrogen (secondary N) is 1. The van der Waals surface area contributed by atoms with Gasteiger partial charge in [-0.25, -0.2) is 23.2 Å². The zero-order valence-corrected chi connectivity index (χ0v) is 14.8. The van der Waals surface area contributed by atoms with Crippen molar-refractivity contribution < 1.29 is 13.2 Å². The van der Waals surface area contributed by atoms with Gasteiger partial charge in [-0.2, -0.15) is 0 Å². The number of anilines is 2. The predicted molar refractivity (Wildman–Crippen MR) is 94.8 cm³/mol. The van der Waals surface area contributed by atoms with E-state index in [-0.39, 0.29) is 19.1 Å². The van der Waals surface area contributed by atoms with Crippen molar-refractivity contribution in [1.29, 1.82) is 0 Å². The van der Waals surface area contributed by atoms with Gasteiger partial charge in [-0.3, -0.25) is 9.62 Å². The Morgan fingerprint density at radius 3 is 2.68 bits per heavy atom. The number of hydrogen-bond acceptors (Lipinski definition) is 5. The molecule has 3 rings (SSSR count). The number of carbonyl (C=O) groups is 1. The summed E-state index contributed by atoms with van der Waals surface area (Å²) in [5, 5.41) is 2.73. The summed E-state index contributed by atoms with van der Waals surface area (Å²) in [6.07, 6.45) is 2.74. The van der Waals surface area contributed by atoms with Crippen LogP contribution in [0.25, 0.3) is 0 Å². The van der Waals surface area contributed by atoms with Gasteiger partial charge in [0.1, 0.15) is 11.6 Å². The second-order valence-electron chi connectivity index (χ2n) is 5.80. The van der Waals surface area contributed by atoms with Crippen molar-refractivity contribution in [2.45, 2.75) is 13.5 Å². The largest absolute Gasteiger partial charge is 0.323 e. The summed E-state index contributed by atoms with van der Waals surface area (Å²) < 4.78 is 25.5. The third-order valence-electron chi connectivity index (χ3n) is 3.89. The summed E-state index contributed by atoms with van der Waals surface area (Å²) in [4.78, 5) is 22.3. The van der Waals surface area contributed by atoms with Crippen LogP contribution in [0.1, 0.15) is 11.4 Å². The Hall–Kier alpha value is -2.68. The summed E-state index contributed by atoms with van der Waals surface area (Å²) in [6, 6.07) is 8.48. The van der Waals surface area contributed by atoms with Crippen molar-refractivity contribution in [2.75, 3.05) is 29.0 Å². The standard InChI is InChI=1S/C16H19N5O3S/c1-12-17-8-7-15(18-12)19-16(22)20-9-10-21(25(2,23)24)14-6-4-3-5-13(14)11-20/h3-8H,9-11H2,1-2H3,(H,17,18,19,22). The van der Waals surface area contributed by atoms with Crippen LogP contribution >= 0.6 is 0 Å². The number of carbonyl (C=O) groups excluding carboxylic acids is 1. The van der Waals surface area contributed by atoms with E-state index in [2.05, 4.69) is 15.3 Å². The van der Waals surface area contributed by atoms with Crippen molar-refractivity contribution >= 4 is 27.6 Å². The fraction of sp³-hybridized carbons (Fsp3) is 0.312. The summed E-state index contributed by atoms with van der Waals surface area (Å²) in [5.74, 6) is 0.970. The van der Waals surface area contributed by atoms with Crippen molar-refractivity contribution in [3.8, 4) is 0 Å². The van der Waals surface area contributed by atoms with Crippen LogP contribution in [0.15, 0.2) is 36.5 Å². The van der Waals surface area contributed by atoms with Crippen LogP contribution in [0.3, 0.4) is 0 Å². The molecular formula is C16H19N5O3S. The molecule has 0 atom stereocenters. The second-order valence-corrected chi connectivity index (χ2v) is 7.71. The van der Waals surface area contributed by atoms with Crippen molar-refractivity contribution in [2.24, 2.45) is 0 Å². The molecule has 1 aromatic carbocycles. The average molecular weight is 361 g/mol. The van der Waals surface area contributed by atoms with E-state index >= 15 is 0 Å². The molecule has 2 amide bonds. The molecule has 0 saturated carbocycles. The number of urea groups is 1. The molecule has 9 heteroatoms. The first-order chi connectivity index (χ1) is 11.8. The van der Waals surface area contributed by atoms with Gasteiger partial charge in [-0.05, 0) is 24.6 Å². The smallest absolute Gasteiger partial charge is 0.318 e. The lowest BCUT2D eigenvalue weighted by Crippen LogP contribution is -2.39. The molecule has 0 spiro atoms. The zero-order valence-electron chi connectivity index (χ0n) is 14.0. The van der Waals surface area contributed by atoms with Crippen molar-refractivity contribution in [3.63, 3.8) is 0 Å². The Bertz CT molecular complexity index is 900. The Balaban J connectivity index is 1.85. The number of aryl methyl sites for hydroxylation is 1. The molecule has 1 aliphatic heterocycles. The van der Waals surface area contributed by atoms with Gasteiger partial charge in [0.25, 0.3) is 0 Å². The highest BCUT2D eigenvalue weighted by atomic mass is 32.2. The lowest BCUT2D eigenvalue weighted by atomic mass is 10.2. The van der Waals surface area contributed by atoms with E-state index in [4.69, 9.17) is 0 Å². The summed E-state index contributed by atoms with van der Waals surface area (Å²) in [6.45, 7) is 2.53. The number of rotatable bonds is 2. The highest BCUT2D eigenvalue weighted by Gasteiger charge is 2.27. The first-order valence-corrected chi connectivity index (χ1v) is 9.60. The van der Waals surface area contributed by atoms with Gasteiger partial charge >= 0.3 is 6.03 Å². The molecule has 1 aromatic heterocycles. The highest BCUT2D eigenvalue weighted by molar-refractivity contribution is 7.92. The van der Waals surface area contributed by atoms with Crippen molar-refractivity contribution in [1.82, 2.24) is 14.9 Å². The molecule has 0 bridgehead atoms. The number of nitrogens with zero attached hydrogens (tertiary/aromatic N) is 4. The Morgan fingerprint density at radius 2 is 1.96 bits per heavy atom. The van der Waals surface area contributed by atoms with E-state index < -0.39 is 10.0 Å². The van der Waals surface area contributed by atoms with E-state index in [0.29, 0.717) is 23.9 Å². The molecule has 2 aromatic rings. The van der Waals surface area contributed by atoms with Crippen LogP contribution in [0.5, 0.6) is 0 Å². The number of para-hydroxylation sites is 1. The molecule has 0 aliphatic carbocycles. The minimum atomic E-state index is -3.42. The molecular weight excluding hydrogens is 342 g/mol. The van der Waals surface area contributed by atoms with Crippen LogP contribution < -0.4 is 9.62 Å². The maximum Gasteiger partial charge on any atom is 0.323 e.